The average molecular weight is 1060 g/mol. The molecule has 2 aliphatic rings. The van der Waals surface area contributed by atoms with Crippen molar-refractivity contribution in [1.82, 2.24) is 24.4 Å². The minimum Gasteiger partial charge on any atom is -0.383 e. The van der Waals surface area contributed by atoms with E-state index in [2.05, 4.69) is 15.3 Å². The number of halogens is 2. The number of ketones is 3. The number of hydrogen-bond donors (Lipinski definition) is 1. The molecular weight excluding hydrogens is 1000 g/mol. The van der Waals surface area contributed by atoms with Crippen molar-refractivity contribution in [2.24, 2.45) is 0 Å². The Kier molecular flexibility index (Phi) is 17.6. The lowest BCUT2D eigenvalue weighted by atomic mass is 10.1. The van der Waals surface area contributed by atoms with E-state index in [0.29, 0.717) is 36.2 Å². The highest BCUT2D eigenvalue weighted by atomic mass is 32.2. The molecule has 0 saturated carbocycles. The molecule has 1 N–H and O–H groups in total. The zero-order valence-electron chi connectivity index (χ0n) is 40.4. The van der Waals surface area contributed by atoms with E-state index in [9.17, 15) is 49.6 Å². The number of nitrogens with one attached hydrogen (secondary N) is 1. The normalized spacial score (nSPS) is 15.5. The van der Waals surface area contributed by atoms with Gasteiger partial charge in [-0.15, -0.1) is 0 Å². The Morgan fingerprint density at radius 2 is 1.07 bits per heavy atom. The molecule has 2 atom stereocenters. The van der Waals surface area contributed by atoms with Gasteiger partial charge in [-0.3, -0.25) is 33.1 Å². The van der Waals surface area contributed by atoms with Crippen LogP contribution in [0.3, 0.4) is 0 Å². The van der Waals surface area contributed by atoms with Gasteiger partial charge in [0.05, 0.1) is 31.0 Å². The fraction of sp³-hybridized carbons (Fsp3) is 0.288. The van der Waals surface area contributed by atoms with Crippen LogP contribution >= 0.6 is 0 Å². The largest absolute Gasteiger partial charge is 0.383 e. The second kappa shape index (κ2) is 24.0. The molecule has 22 heteroatoms. The molecule has 0 radical (unpaired) electrons. The van der Waals surface area contributed by atoms with Gasteiger partial charge in [0.15, 0.2) is 40.4 Å². The minimum atomic E-state index is -4.50. The number of aromatic nitrogens is 4. The second-order valence-corrected chi connectivity index (χ2v) is 20.0. The zero-order chi connectivity index (χ0) is 53.2. The Morgan fingerprint density at radius 1 is 0.635 bits per heavy atom. The van der Waals surface area contributed by atoms with Gasteiger partial charge in [0.25, 0.3) is 11.1 Å². The lowest BCUT2D eigenvalue weighted by Crippen LogP contribution is -2.34. The van der Waals surface area contributed by atoms with Crippen molar-refractivity contribution in [2.75, 3.05) is 20.8 Å². The molecule has 18 nitrogen and oxygen atoms in total. The number of carbonyl (C=O) groups excluding carboxylic acids is 3. The molecule has 74 heavy (non-hydrogen) atoms. The molecule has 0 aliphatic carbocycles. The lowest BCUT2D eigenvalue weighted by molar-refractivity contribution is 0.0783. The number of methoxy groups -OCH3 is 2. The highest BCUT2D eigenvalue weighted by Crippen LogP contribution is 2.27. The van der Waals surface area contributed by atoms with E-state index in [1.807, 2.05) is 13.0 Å². The fourth-order valence-electron chi connectivity index (χ4n) is 7.93. The summed E-state index contributed by atoms with van der Waals surface area (Å²) >= 11 is 0. The third-order valence-electron chi connectivity index (χ3n) is 11.9. The van der Waals surface area contributed by atoms with Gasteiger partial charge >= 0.3 is 20.2 Å². The summed E-state index contributed by atoms with van der Waals surface area (Å²) in [7, 11) is -6.00. The molecule has 8 rings (SSSR count). The molecule has 6 aromatic rings. The second-order valence-electron chi connectivity index (χ2n) is 16.9. The van der Waals surface area contributed by atoms with Crippen molar-refractivity contribution in [3.05, 3.63) is 182 Å². The van der Waals surface area contributed by atoms with Crippen LogP contribution in [0.1, 0.15) is 87.6 Å². The lowest BCUT2D eigenvalue weighted by Gasteiger charge is -2.19. The van der Waals surface area contributed by atoms with Crippen LogP contribution < -0.4 is 24.8 Å². The minimum absolute atomic E-state index is 0.0384. The standard InChI is InChI=1S/C27H28FN3O6S.C25H23FN2O7S/c1-3-29-22-15-14-20(36-2)17-31-26(22)30-24(23(32)16-11-18-9-12-19(28)13-10-18)25(27(31)33)37-38(34,35)21-7-5-4-6-8-21;1-34-18-12-14-21(30)24-27-22(20(29)13-9-16-7-10-17(26)11-8-16)23(25(31)28(24)15-18)35-36(32,33)19-5-3-2-4-6-19/h4-10,12-13,15,20,29H,3,11,14,16-17H2,1-2H3;2-8,10-11,18H,9,12-15H2,1H3/t20-;18-/m00/s1. The number of hydrogen-bond acceptors (Lipinski definition) is 16. The smallest absolute Gasteiger partial charge is 0.339 e. The molecule has 0 saturated heterocycles. The predicted molar refractivity (Wildman–Crippen MR) is 265 cm³/mol. The summed E-state index contributed by atoms with van der Waals surface area (Å²) in [5, 5.41) is 3.15. The first-order valence-electron chi connectivity index (χ1n) is 23.3. The van der Waals surface area contributed by atoms with E-state index in [0.717, 1.165) is 4.57 Å². The van der Waals surface area contributed by atoms with Gasteiger partial charge in [-0.2, -0.15) is 16.8 Å². The topological polar surface area (TPSA) is 238 Å². The molecular formula is C52H51F2N5O13S2. The van der Waals surface area contributed by atoms with Crippen molar-refractivity contribution in [3.63, 3.8) is 0 Å². The van der Waals surface area contributed by atoms with Crippen molar-refractivity contribution < 1.29 is 57.8 Å². The molecule has 0 amide bonds. The highest BCUT2D eigenvalue weighted by molar-refractivity contribution is 7.87. The zero-order valence-corrected chi connectivity index (χ0v) is 42.0. The predicted octanol–water partition coefficient (Wildman–Crippen LogP) is 6.29. The van der Waals surface area contributed by atoms with E-state index in [-0.39, 0.29) is 78.4 Å². The summed E-state index contributed by atoms with van der Waals surface area (Å²) in [5.41, 5.74) is -0.848. The SMILES string of the molecule is CCNC1=CC[C@H](OC)Cn2c1nc(C(=O)CCc1ccc(F)cc1)c(OS(=O)(=O)c1ccccc1)c2=O.CO[C@H]1CCC(=O)c2nc(C(=O)CCc3ccc(F)cc3)c(OS(=O)(=O)c3ccccc3)c(=O)n2C1. The Hall–Kier alpha value is -7.53. The Balaban J connectivity index is 0.000000217. The third kappa shape index (κ3) is 13.0. The van der Waals surface area contributed by atoms with Crippen LogP contribution in [0.5, 0.6) is 11.5 Å². The van der Waals surface area contributed by atoms with Crippen LogP contribution in [0.4, 0.5) is 8.78 Å². The maximum Gasteiger partial charge on any atom is 0.339 e. The van der Waals surface area contributed by atoms with Crippen LogP contribution in [0.25, 0.3) is 5.70 Å². The van der Waals surface area contributed by atoms with Crippen LogP contribution in [-0.2, 0) is 55.6 Å². The van der Waals surface area contributed by atoms with Gasteiger partial charge in [0.1, 0.15) is 21.4 Å². The first kappa shape index (κ1) is 54.2. The number of benzene rings is 4. The van der Waals surface area contributed by atoms with Gasteiger partial charge < -0.3 is 23.2 Å². The molecule has 0 unspecified atom stereocenters. The van der Waals surface area contributed by atoms with Crippen molar-refractivity contribution >= 4 is 43.3 Å². The number of carbonyl (C=O) groups is 3. The molecule has 0 bridgehead atoms. The number of ether oxygens (including phenoxy) is 2. The van der Waals surface area contributed by atoms with E-state index in [4.69, 9.17) is 17.8 Å². The molecule has 0 spiro atoms. The van der Waals surface area contributed by atoms with E-state index >= 15 is 0 Å². The molecule has 2 aromatic heterocycles. The van der Waals surface area contributed by atoms with Crippen molar-refractivity contribution in [1.29, 1.82) is 0 Å². The molecule has 0 fully saturated rings. The number of fused-ring (bicyclic) bond motifs is 2. The highest BCUT2D eigenvalue weighted by Gasteiger charge is 2.34. The Bertz CT molecular complexity index is 3410. The van der Waals surface area contributed by atoms with Crippen LogP contribution in [0, 0.1) is 11.6 Å². The van der Waals surface area contributed by atoms with Crippen molar-refractivity contribution in [2.45, 2.75) is 87.0 Å². The van der Waals surface area contributed by atoms with E-state index in [1.54, 1.807) is 24.3 Å². The maximum absolute atomic E-state index is 13.8. The summed E-state index contributed by atoms with van der Waals surface area (Å²) in [6.07, 6.45) is 1.89. The van der Waals surface area contributed by atoms with Gasteiger partial charge in [0, 0.05) is 40.0 Å². The summed E-state index contributed by atoms with van der Waals surface area (Å²) in [6, 6.07) is 25.7. The fourth-order valence-corrected chi connectivity index (χ4v) is 9.84. The van der Waals surface area contributed by atoms with Gasteiger partial charge in [-0.05, 0) is 92.3 Å². The van der Waals surface area contributed by atoms with Gasteiger partial charge in [-0.1, -0.05) is 66.7 Å². The first-order valence-corrected chi connectivity index (χ1v) is 26.1. The molecule has 4 heterocycles. The van der Waals surface area contributed by atoms with E-state index < -0.39 is 83.6 Å². The molecule has 388 valence electrons. The number of rotatable bonds is 18. The Morgan fingerprint density at radius 3 is 1.51 bits per heavy atom. The van der Waals surface area contributed by atoms with Crippen LogP contribution in [0.2, 0.25) is 0 Å². The van der Waals surface area contributed by atoms with E-state index in [1.165, 1.54) is 104 Å². The summed E-state index contributed by atoms with van der Waals surface area (Å²) < 4.78 is 102. The molecule has 2 aliphatic heterocycles. The summed E-state index contributed by atoms with van der Waals surface area (Å²) in [5.74, 6) is -4.11. The van der Waals surface area contributed by atoms with Gasteiger partial charge in [0.2, 0.25) is 11.5 Å². The molecule has 4 aromatic carbocycles. The summed E-state index contributed by atoms with van der Waals surface area (Å²) in [6.45, 7) is 2.42. The van der Waals surface area contributed by atoms with Gasteiger partial charge in [-0.25, -0.2) is 18.7 Å². The van der Waals surface area contributed by atoms with Crippen LogP contribution in [0.15, 0.2) is 135 Å². The average Bonchev–Trinajstić information content (AvgIpc) is 3.68. The first-order chi connectivity index (χ1) is 35.4. The Labute approximate surface area is 424 Å². The quantitative estimate of drug-likeness (QED) is 0.0735. The maximum atomic E-state index is 13.8. The monoisotopic (exact) mass is 1060 g/mol. The third-order valence-corrected chi connectivity index (χ3v) is 14.4. The number of Topliss-reactive ketones (excluding diaryl/α,β-unsaturated/α-hetero) is 3. The van der Waals surface area contributed by atoms with Crippen LogP contribution in [-0.4, -0.2) is 86.3 Å². The number of nitrogens with zero attached hydrogens (tertiary/aromatic N) is 4. The summed E-state index contributed by atoms with van der Waals surface area (Å²) in [4.78, 5) is 74.8. The number of aryl methyl sites for hydroxylation is 2. The van der Waals surface area contributed by atoms with Crippen molar-refractivity contribution in [3.8, 4) is 11.5 Å².